The Hall–Kier alpha value is 0.160. The second kappa shape index (κ2) is 5.21. The summed E-state index contributed by atoms with van der Waals surface area (Å²) in [6.45, 7) is 2.44. The molecular formula is C10H19ClN2O2S. The Morgan fingerprint density at radius 1 is 0.938 bits per heavy atom. The van der Waals surface area contributed by atoms with E-state index in [4.69, 9.17) is 11.6 Å². The average molecular weight is 267 g/mol. The third-order valence-corrected chi connectivity index (χ3v) is 5.65. The Morgan fingerprint density at radius 3 is 2.19 bits per heavy atom. The summed E-state index contributed by atoms with van der Waals surface area (Å²) in [7, 11) is -3.24. The minimum atomic E-state index is -3.24. The topological polar surface area (TPSA) is 40.6 Å². The lowest BCUT2D eigenvalue weighted by Gasteiger charge is -2.35. The van der Waals surface area contributed by atoms with Gasteiger partial charge in [-0.3, -0.25) is 0 Å². The molecule has 0 bridgehead atoms. The molecule has 0 radical (unpaired) electrons. The van der Waals surface area contributed by atoms with Crippen LogP contribution in [0.25, 0.3) is 0 Å². The number of alkyl halides is 1. The molecule has 16 heavy (non-hydrogen) atoms. The predicted octanol–water partition coefficient (Wildman–Crippen LogP) is 1.42. The number of hydrogen-bond acceptors (Lipinski definition) is 2. The molecule has 2 aliphatic heterocycles. The molecule has 4 nitrogen and oxygen atoms in total. The largest absolute Gasteiger partial charge is 0.282 e. The van der Waals surface area contributed by atoms with Crippen LogP contribution in [0.3, 0.4) is 0 Å². The van der Waals surface area contributed by atoms with Crippen LogP contribution in [0.15, 0.2) is 0 Å². The molecule has 2 rings (SSSR count). The molecule has 1 atom stereocenters. The Bertz CT molecular complexity index is 328. The second-order valence-corrected chi connectivity index (χ2v) is 7.11. The third kappa shape index (κ3) is 2.70. The van der Waals surface area contributed by atoms with Gasteiger partial charge in [0.15, 0.2) is 0 Å². The highest BCUT2D eigenvalue weighted by Crippen LogP contribution is 2.22. The van der Waals surface area contributed by atoms with Gasteiger partial charge in [-0.05, 0) is 25.7 Å². The van der Waals surface area contributed by atoms with Crippen molar-refractivity contribution in [1.29, 1.82) is 0 Å². The zero-order valence-electron chi connectivity index (χ0n) is 9.44. The lowest BCUT2D eigenvalue weighted by atomic mass is 10.2. The normalized spacial score (nSPS) is 30.4. The van der Waals surface area contributed by atoms with Gasteiger partial charge in [0.1, 0.15) is 0 Å². The quantitative estimate of drug-likeness (QED) is 0.710. The van der Waals surface area contributed by atoms with Crippen molar-refractivity contribution in [2.24, 2.45) is 0 Å². The molecule has 94 valence electrons. The number of halogens is 1. The van der Waals surface area contributed by atoms with Gasteiger partial charge in [0.2, 0.25) is 0 Å². The highest BCUT2D eigenvalue weighted by Gasteiger charge is 2.33. The van der Waals surface area contributed by atoms with E-state index in [1.165, 1.54) is 0 Å². The summed E-state index contributed by atoms with van der Waals surface area (Å²) in [5, 5.41) is -0.0201. The molecule has 2 fully saturated rings. The SMILES string of the molecule is O=S(=O)(N1CCCCC1)N1CCCC(Cl)C1. The molecule has 2 heterocycles. The molecule has 0 N–H and O–H groups in total. The van der Waals surface area contributed by atoms with Crippen LogP contribution >= 0.6 is 11.6 Å². The third-order valence-electron chi connectivity index (χ3n) is 3.29. The number of rotatable bonds is 2. The van der Waals surface area contributed by atoms with E-state index in [0.29, 0.717) is 26.2 Å². The Balaban J connectivity index is 2.05. The summed E-state index contributed by atoms with van der Waals surface area (Å²) >= 11 is 6.03. The molecule has 0 aliphatic carbocycles. The Labute approximate surface area is 103 Å². The van der Waals surface area contributed by atoms with Crippen LogP contribution in [-0.2, 0) is 10.2 Å². The van der Waals surface area contributed by atoms with Crippen molar-refractivity contribution in [3.8, 4) is 0 Å². The van der Waals surface area contributed by atoms with E-state index >= 15 is 0 Å². The first kappa shape index (κ1) is 12.6. The summed E-state index contributed by atoms with van der Waals surface area (Å²) in [5.41, 5.74) is 0. The lowest BCUT2D eigenvalue weighted by molar-refractivity contribution is 0.283. The Kier molecular flexibility index (Phi) is 4.11. The van der Waals surface area contributed by atoms with Gasteiger partial charge in [-0.2, -0.15) is 17.0 Å². The molecule has 6 heteroatoms. The molecule has 0 saturated carbocycles. The van der Waals surface area contributed by atoms with Crippen LogP contribution in [0.5, 0.6) is 0 Å². The summed E-state index contributed by atoms with van der Waals surface area (Å²) in [6, 6.07) is 0. The Morgan fingerprint density at radius 2 is 1.56 bits per heavy atom. The number of piperidine rings is 2. The van der Waals surface area contributed by atoms with E-state index in [-0.39, 0.29) is 5.38 Å². The molecule has 0 aromatic heterocycles. The average Bonchev–Trinajstić information content (AvgIpc) is 2.30. The van der Waals surface area contributed by atoms with Gasteiger partial charge in [-0.25, -0.2) is 0 Å². The van der Waals surface area contributed by atoms with E-state index in [2.05, 4.69) is 0 Å². The van der Waals surface area contributed by atoms with Gasteiger partial charge in [0, 0.05) is 31.6 Å². The van der Waals surface area contributed by atoms with E-state index < -0.39 is 10.2 Å². The second-order valence-electron chi connectivity index (χ2n) is 4.57. The van der Waals surface area contributed by atoms with E-state index in [1.54, 1.807) is 8.61 Å². The van der Waals surface area contributed by atoms with Crippen LogP contribution in [-0.4, -0.2) is 48.6 Å². The smallest absolute Gasteiger partial charge is 0.195 e. The number of nitrogens with zero attached hydrogens (tertiary/aromatic N) is 2. The molecule has 1 unspecified atom stereocenters. The van der Waals surface area contributed by atoms with Gasteiger partial charge in [-0.15, -0.1) is 11.6 Å². The monoisotopic (exact) mass is 266 g/mol. The summed E-state index contributed by atoms with van der Waals surface area (Å²) in [5.74, 6) is 0. The molecule has 0 spiro atoms. The number of hydrogen-bond donors (Lipinski definition) is 0. The first-order valence-corrected chi connectivity index (χ1v) is 7.83. The zero-order chi connectivity index (χ0) is 11.6. The van der Waals surface area contributed by atoms with Crippen molar-refractivity contribution in [1.82, 2.24) is 8.61 Å². The fraction of sp³-hybridized carbons (Fsp3) is 1.00. The van der Waals surface area contributed by atoms with Crippen LogP contribution < -0.4 is 0 Å². The van der Waals surface area contributed by atoms with Gasteiger partial charge in [0.25, 0.3) is 10.2 Å². The van der Waals surface area contributed by atoms with Gasteiger partial charge in [-0.1, -0.05) is 6.42 Å². The zero-order valence-corrected chi connectivity index (χ0v) is 11.0. The summed E-state index contributed by atoms with van der Waals surface area (Å²) in [4.78, 5) is 0. The first-order valence-electron chi connectivity index (χ1n) is 6.00. The fourth-order valence-electron chi connectivity index (χ4n) is 2.36. The highest BCUT2D eigenvalue weighted by molar-refractivity contribution is 7.86. The standard InChI is InChI=1S/C10H19ClN2O2S/c11-10-5-4-8-13(9-10)16(14,15)12-6-2-1-3-7-12/h10H,1-9H2. The van der Waals surface area contributed by atoms with Crippen LogP contribution in [0.2, 0.25) is 0 Å². The van der Waals surface area contributed by atoms with Crippen molar-refractivity contribution < 1.29 is 8.42 Å². The molecule has 0 amide bonds. The predicted molar refractivity (Wildman–Crippen MR) is 64.8 cm³/mol. The highest BCUT2D eigenvalue weighted by atomic mass is 35.5. The minimum absolute atomic E-state index is 0.0201. The molecule has 0 aromatic carbocycles. The van der Waals surface area contributed by atoms with Gasteiger partial charge in [0.05, 0.1) is 0 Å². The molecular weight excluding hydrogens is 248 g/mol. The summed E-state index contributed by atoms with van der Waals surface area (Å²) < 4.78 is 27.7. The van der Waals surface area contributed by atoms with Crippen molar-refractivity contribution in [3.63, 3.8) is 0 Å². The van der Waals surface area contributed by atoms with E-state index in [9.17, 15) is 8.42 Å². The van der Waals surface area contributed by atoms with Crippen LogP contribution in [0.4, 0.5) is 0 Å². The summed E-state index contributed by atoms with van der Waals surface area (Å²) in [6.07, 6.45) is 4.91. The van der Waals surface area contributed by atoms with E-state index in [1.807, 2.05) is 0 Å². The van der Waals surface area contributed by atoms with Crippen molar-refractivity contribution in [2.75, 3.05) is 26.2 Å². The molecule has 2 aliphatic rings. The first-order chi connectivity index (χ1) is 7.60. The molecule has 0 aromatic rings. The molecule has 2 saturated heterocycles. The maximum Gasteiger partial charge on any atom is 0.282 e. The van der Waals surface area contributed by atoms with E-state index in [0.717, 1.165) is 32.1 Å². The van der Waals surface area contributed by atoms with Gasteiger partial charge >= 0.3 is 0 Å². The maximum absolute atomic E-state index is 12.3. The lowest BCUT2D eigenvalue weighted by Crippen LogP contribution is -2.49. The maximum atomic E-state index is 12.3. The van der Waals surface area contributed by atoms with Gasteiger partial charge < -0.3 is 0 Å². The minimum Gasteiger partial charge on any atom is -0.195 e. The van der Waals surface area contributed by atoms with Crippen molar-refractivity contribution >= 4 is 21.8 Å². The van der Waals surface area contributed by atoms with Crippen LogP contribution in [0, 0.1) is 0 Å². The van der Waals surface area contributed by atoms with Crippen molar-refractivity contribution in [2.45, 2.75) is 37.5 Å². The van der Waals surface area contributed by atoms with Crippen LogP contribution in [0.1, 0.15) is 32.1 Å². The van der Waals surface area contributed by atoms with Crippen molar-refractivity contribution in [3.05, 3.63) is 0 Å². The fourth-order valence-corrected chi connectivity index (χ4v) is 4.54.